The summed E-state index contributed by atoms with van der Waals surface area (Å²) < 4.78 is 24.9. The number of nitrogens with zero attached hydrogens (tertiary/aromatic N) is 2. The van der Waals surface area contributed by atoms with Crippen molar-refractivity contribution in [3.8, 4) is 11.5 Å². The lowest BCUT2D eigenvalue weighted by Gasteiger charge is -2.49. The number of hydrogen-bond donors (Lipinski definition) is 1. The van der Waals surface area contributed by atoms with Gasteiger partial charge < -0.3 is 19.5 Å². The Bertz CT molecular complexity index is 936. The third-order valence-corrected chi connectivity index (χ3v) is 7.14. The van der Waals surface area contributed by atoms with Crippen molar-refractivity contribution in [3.05, 3.63) is 52.8 Å². The maximum absolute atomic E-state index is 13.9. The second kappa shape index (κ2) is 10.1. The van der Waals surface area contributed by atoms with Gasteiger partial charge in [0, 0.05) is 56.5 Å². The van der Waals surface area contributed by atoms with E-state index in [1.54, 1.807) is 0 Å². The highest BCUT2D eigenvalue weighted by molar-refractivity contribution is 5.52. The zero-order valence-electron chi connectivity index (χ0n) is 19.4. The first-order chi connectivity index (χ1) is 15.5. The number of piperidine rings is 1. The first kappa shape index (κ1) is 22.9. The van der Waals surface area contributed by atoms with E-state index in [1.807, 2.05) is 12.1 Å². The first-order valence-electron chi connectivity index (χ1n) is 11.7. The zero-order chi connectivity index (χ0) is 22.7. The van der Waals surface area contributed by atoms with Crippen LogP contribution in [0, 0.1) is 19.7 Å². The summed E-state index contributed by atoms with van der Waals surface area (Å²) >= 11 is 0. The van der Waals surface area contributed by atoms with Gasteiger partial charge in [-0.2, -0.15) is 0 Å². The smallest absolute Gasteiger partial charge is 0.165 e. The number of halogens is 1. The lowest BCUT2D eigenvalue weighted by Crippen LogP contribution is -2.56. The van der Waals surface area contributed by atoms with E-state index >= 15 is 0 Å². The summed E-state index contributed by atoms with van der Waals surface area (Å²) in [5.41, 5.74) is 4.93. The fraction of sp³-hybridized carbons (Fsp3) is 0.538. The molecule has 2 unspecified atom stereocenters. The third-order valence-electron chi connectivity index (χ3n) is 7.14. The van der Waals surface area contributed by atoms with Crippen LogP contribution < -0.4 is 14.4 Å². The largest absolute Gasteiger partial charge is 0.494 e. The molecular formula is C26H35FN2O3. The second-order valence-electron chi connectivity index (χ2n) is 8.93. The number of piperazine rings is 1. The number of aliphatic hydroxyl groups excluding tert-OH is 1. The maximum atomic E-state index is 13.9. The van der Waals surface area contributed by atoms with Crippen LogP contribution in [0.2, 0.25) is 0 Å². The van der Waals surface area contributed by atoms with Crippen LogP contribution in [0.25, 0.3) is 0 Å². The van der Waals surface area contributed by atoms with Crippen LogP contribution in [-0.4, -0.2) is 56.0 Å². The van der Waals surface area contributed by atoms with Gasteiger partial charge in [0.2, 0.25) is 0 Å². The van der Waals surface area contributed by atoms with Crippen LogP contribution in [0.3, 0.4) is 0 Å². The summed E-state index contributed by atoms with van der Waals surface area (Å²) in [6.45, 7) is 7.88. The predicted octanol–water partition coefficient (Wildman–Crippen LogP) is 4.63. The molecule has 4 rings (SSSR count). The maximum Gasteiger partial charge on any atom is 0.165 e. The Balaban J connectivity index is 1.50. The van der Waals surface area contributed by atoms with Crippen LogP contribution >= 0.6 is 0 Å². The van der Waals surface area contributed by atoms with Crippen molar-refractivity contribution in [2.45, 2.75) is 51.6 Å². The van der Waals surface area contributed by atoms with Crippen molar-refractivity contribution in [2.75, 3.05) is 44.9 Å². The Kier molecular flexibility index (Phi) is 7.21. The normalized spacial score (nSPS) is 21.3. The van der Waals surface area contributed by atoms with Crippen molar-refractivity contribution < 1.29 is 19.0 Å². The summed E-state index contributed by atoms with van der Waals surface area (Å²) in [4.78, 5) is 5.04. The molecule has 2 aromatic carbocycles. The molecule has 0 aromatic heterocycles. The molecule has 0 aliphatic carbocycles. The molecule has 174 valence electrons. The number of hydrogen-bond acceptors (Lipinski definition) is 5. The summed E-state index contributed by atoms with van der Waals surface area (Å²) in [6, 6.07) is 10.4. The van der Waals surface area contributed by atoms with E-state index < -0.39 is 0 Å². The summed E-state index contributed by atoms with van der Waals surface area (Å²) in [6.07, 6.45) is 4.21. The number of aliphatic hydroxyl groups is 1. The molecule has 0 spiro atoms. The summed E-state index contributed by atoms with van der Waals surface area (Å²) in [5, 5.41) is 9.01. The summed E-state index contributed by atoms with van der Waals surface area (Å²) in [5.74, 6) is 0.906. The lowest BCUT2D eigenvalue weighted by atomic mass is 9.86. The van der Waals surface area contributed by atoms with E-state index in [-0.39, 0.29) is 12.4 Å². The molecule has 2 aliphatic heterocycles. The van der Waals surface area contributed by atoms with Crippen LogP contribution in [0.5, 0.6) is 11.5 Å². The standard InChI is InChI=1S/C26H35FN2O3/c1-18-19(2)25(32-15-5-14-30)11-9-22(18)24-7-4-6-21-17-28(12-13-29(21)24)20-8-10-23(27)26(16-20)31-3/h8-11,16,21,24,30H,4-7,12-15,17H2,1-3H3. The van der Waals surface area contributed by atoms with E-state index in [4.69, 9.17) is 14.6 Å². The van der Waals surface area contributed by atoms with Gasteiger partial charge in [-0.25, -0.2) is 4.39 Å². The number of methoxy groups -OCH3 is 1. The molecule has 6 heteroatoms. The van der Waals surface area contributed by atoms with Crippen LogP contribution in [-0.2, 0) is 0 Å². The minimum Gasteiger partial charge on any atom is -0.494 e. The molecule has 2 aromatic rings. The van der Waals surface area contributed by atoms with E-state index in [0.717, 1.165) is 31.1 Å². The minimum atomic E-state index is -0.317. The zero-order valence-corrected chi connectivity index (χ0v) is 19.4. The first-order valence-corrected chi connectivity index (χ1v) is 11.7. The Morgan fingerprint density at radius 3 is 2.69 bits per heavy atom. The Morgan fingerprint density at radius 2 is 1.91 bits per heavy atom. The van der Waals surface area contributed by atoms with E-state index in [1.165, 1.54) is 49.1 Å². The molecule has 2 atom stereocenters. The predicted molar refractivity (Wildman–Crippen MR) is 125 cm³/mol. The van der Waals surface area contributed by atoms with Crippen LogP contribution in [0.4, 0.5) is 10.1 Å². The van der Waals surface area contributed by atoms with Gasteiger partial charge in [0.15, 0.2) is 11.6 Å². The molecule has 0 radical (unpaired) electrons. The number of benzene rings is 2. The molecule has 0 saturated carbocycles. The van der Waals surface area contributed by atoms with Gasteiger partial charge in [0.05, 0.1) is 13.7 Å². The molecule has 0 amide bonds. The number of fused-ring (bicyclic) bond motifs is 1. The molecule has 5 nitrogen and oxygen atoms in total. The van der Waals surface area contributed by atoms with Gasteiger partial charge in [-0.1, -0.05) is 6.07 Å². The van der Waals surface area contributed by atoms with Gasteiger partial charge in [-0.3, -0.25) is 4.90 Å². The Labute approximate surface area is 190 Å². The van der Waals surface area contributed by atoms with Crippen molar-refractivity contribution in [3.63, 3.8) is 0 Å². The van der Waals surface area contributed by atoms with Crippen molar-refractivity contribution in [1.29, 1.82) is 0 Å². The van der Waals surface area contributed by atoms with Gasteiger partial charge in [0.1, 0.15) is 5.75 Å². The van der Waals surface area contributed by atoms with Crippen LogP contribution in [0.15, 0.2) is 30.3 Å². The summed E-state index contributed by atoms with van der Waals surface area (Å²) in [7, 11) is 1.51. The molecule has 2 fully saturated rings. The van der Waals surface area contributed by atoms with E-state index in [2.05, 4.69) is 35.8 Å². The van der Waals surface area contributed by atoms with Crippen molar-refractivity contribution >= 4 is 5.69 Å². The SMILES string of the molecule is COc1cc(N2CCN3C(CCCC3c3ccc(OCCCO)c(C)c3C)C2)ccc1F. The molecule has 32 heavy (non-hydrogen) atoms. The molecule has 0 bridgehead atoms. The minimum absolute atomic E-state index is 0.149. The average Bonchev–Trinajstić information content (AvgIpc) is 2.82. The number of anilines is 1. The van der Waals surface area contributed by atoms with Crippen molar-refractivity contribution in [1.82, 2.24) is 4.90 Å². The highest BCUT2D eigenvalue weighted by Crippen LogP contribution is 2.40. The number of rotatable bonds is 7. The van der Waals surface area contributed by atoms with E-state index in [9.17, 15) is 4.39 Å². The Hall–Kier alpha value is -2.31. The quantitative estimate of drug-likeness (QED) is 0.634. The molecule has 2 aliphatic rings. The topological polar surface area (TPSA) is 45.2 Å². The van der Waals surface area contributed by atoms with E-state index in [0.29, 0.717) is 30.9 Å². The fourth-order valence-electron chi connectivity index (χ4n) is 5.24. The highest BCUT2D eigenvalue weighted by atomic mass is 19.1. The molecule has 1 N–H and O–H groups in total. The molecule has 2 heterocycles. The van der Waals surface area contributed by atoms with Gasteiger partial charge >= 0.3 is 0 Å². The number of ether oxygens (including phenoxy) is 2. The third kappa shape index (κ3) is 4.57. The average molecular weight is 443 g/mol. The van der Waals surface area contributed by atoms with Crippen LogP contribution in [0.1, 0.15) is 48.4 Å². The monoisotopic (exact) mass is 442 g/mol. The second-order valence-corrected chi connectivity index (χ2v) is 8.93. The van der Waals surface area contributed by atoms with Gasteiger partial charge in [0.25, 0.3) is 0 Å². The van der Waals surface area contributed by atoms with Gasteiger partial charge in [-0.05, 0) is 68.0 Å². The lowest BCUT2D eigenvalue weighted by molar-refractivity contribution is 0.0712. The highest BCUT2D eigenvalue weighted by Gasteiger charge is 2.36. The molecular weight excluding hydrogens is 407 g/mol. The van der Waals surface area contributed by atoms with Crippen molar-refractivity contribution in [2.24, 2.45) is 0 Å². The molecule has 2 saturated heterocycles. The van der Waals surface area contributed by atoms with Gasteiger partial charge in [-0.15, -0.1) is 0 Å². The fourth-order valence-corrected chi connectivity index (χ4v) is 5.24. The Morgan fingerprint density at radius 1 is 1.06 bits per heavy atom.